The van der Waals surface area contributed by atoms with Gasteiger partial charge in [0.2, 0.25) is 0 Å². The summed E-state index contributed by atoms with van der Waals surface area (Å²) < 4.78 is 4.94. The minimum absolute atomic E-state index is 0.973. The molecule has 0 bridgehead atoms. The Labute approximate surface area is 437 Å². The van der Waals surface area contributed by atoms with Crippen LogP contribution < -0.4 is 4.90 Å². The monoisotopic (exact) mass is 957 g/mol. The van der Waals surface area contributed by atoms with Gasteiger partial charge in [-0.15, -0.1) is 0 Å². The Kier molecular flexibility index (Phi) is 11.5. The van der Waals surface area contributed by atoms with Gasteiger partial charge in [-0.2, -0.15) is 0 Å². The molecule has 3 nitrogen and oxygen atoms in total. The van der Waals surface area contributed by atoms with Crippen molar-refractivity contribution in [2.75, 3.05) is 4.90 Å². The zero-order valence-electron chi connectivity index (χ0n) is 41.4. The SMILES string of the molecule is C=CC(=C)c1ccccc1.c1ccc(-c2ccc(N(c3ccc(-c4ccccc4)cc3)c3ccc4ccc(-n5c6ccccc6c6ccc7c(c8ccccc8n7-c7ccc8ccccc8c7)c65)cc4c3)cc2)cc1. The highest BCUT2D eigenvalue weighted by Gasteiger charge is 2.22. The van der Waals surface area contributed by atoms with Gasteiger partial charge in [0.25, 0.3) is 0 Å². The number of hydrogen-bond donors (Lipinski definition) is 0. The molecule has 0 saturated carbocycles. The lowest BCUT2D eigenvalue weighted by Crippen LogP contribution is -2.10. The van der Waals surface area contributed by atoms with Crippen molar-refractivity contribution >= 4 is 87.8 Å². The van der Waals surface area contributed by atoms with E-state index in [1.807, 2.05) is 30.3 Å². The average molecular weight is 958 g/mol. The van der Waals surface area contributed by atoms with Gasteiger partial charge >= 0.3 is 0 Å². The van der Waals surface area contributed by atoms with E-state index in [-0.39, 0.29) is 0 Å². The summed E-state index contributed by atoms with van der Waals surface area (Å²) >= 11 is 0. The number of hydrogen-bond acceptors (Lipinski definition) is 1. The standard InChI is InChI=1S/C62H41N3.C10H10/c1-3-13-42(14-4-1)45-23-30-50(31-24-45)63(51-32-25-46(26-33-51)43-15-5-2-6-16-43)52-34-28-47-29-36-54(41-49(47)40-52)65-58-21-11-9-19-55(58)56-37-38-60-61(62(56)65)57-20-10-12-22-59(57)64(60)53-35-27-44-17-7-8-18-48(44)39-53;1-3-9(2)10-7-5-4-6-8-10/h1-41H;3-8H,1-2H2. The van der Waals surface area contributed by atoms with Crippen LogP contribution in [0.1, 0.15) is 5.56 Å². The molecule has 3 heteroatoms. The van der Waals surface area contributed by atoms with Crippen LogP contribution in [-0.2, 0) is 0 Å². The van der Waals surface area contributed by atoms with Gasteiger partial charge < -0.3 is 14.0 Å². The van der Waals surface area contributed by atoms with Crippen LogP contribution in [0.3, 0.4) is 0 Å². The molecule has 0 amide bonds. The predicted octanol–water partition coefficient (Wildman–Crippen LogP) is 19.9. The highest BCUT2D eigenvalue weighted by Crippen LogP contribution is 2.44. The number of benzene rings is 12. The summed E-state index contributed by atoms with van der Waals surface area (Å²) in [6.07, 6.45) is 1.76. The maximum absolute atomic E-state index is 3.83. The molecule has 0 radical (unpaired) electrons. The zero-order chi connectivity index (χ0) is 50.2. The Balaban J connectivity index is 0.000000488. The van der Waals surface area contributed by atoms with E-state index in [0.29, 0.717) is 0 Å². The largest absolute Gasteiger partial charge is 0.310 e. The summed E-state index contributed by atoms with van der Waals surface area (Å²) in [5, 5.41) is 9.80. The molecule has 2 aromatic heterocycles. The minimum atomic E-state index is 0.973. The molecule has 0 unspecified atom stereocenters. The van der Waals surface area contributed by atoms with E-state index < -0.39 is 0 Å². The van der Waals surface area contributed by atoms with Crippen molar-refractivity contribution < 1.29 is 0 Å². The lowest BCUT2D eigenvalue weighted by molar-refractivity contribution is 1.18. The fourth-order valence-electron chi connectivity index (χ4n) is 11.0. The number of nitrogens with zero attached hydrogens (tertiary/aromatic N) is 3. The second-order valence-electron chi connectivity index (χ2n) is 19.1. The molecule has 0 saturated heterocycles. The summed E-state index contributed by atoms with van der Waals surface area (Å²) in [7, 11) is 0. The molecule has 75 heavy (non-hydrogen) atoms. The van der Waals surface area contributed by atoms with Crippen molar-refractivity contribution in [3.05, 3.63) is 304 Å². The third-order valence-electron chi connectivity index (χ3n) is 14.6. The van der Waals surface area contributed by atoms with Gasteiger partial charge in [-0.05, 0) is 134 Å². The van der Waals surface area contributed by atoms with E-state index in [2.05, 4.69) is 276 Å². The maximum atomic E-state index is 3.83. The molecule has 0 aliphatic rings. The van der Waals surface area contributed by atoms with Crippen LogP contribution in [0, 0.1) is 0 Å². The Morgan fingerprint density at radius 2 is 0.800 bits per heavy atom. The quantitative estimate of drug-likeness (QED) is 0.131. The number of rotatable bonds is 9. The molecular formula is C72H51N3. The molecule has 0 fully saturated rings. The number of anilines is 3. The van der Waals surface area contributed by atoms with Gasteiger partial charge in [-0.25, -0.2) is 0 Å². The molecule has 14 aromatic rings. The van der Waals surface area contributed by atoms with E-state index in [9.17, 15) is 0 Å². The molecular weight excluding hydrogens is 907 g/mol. The van der Waals surface area contributed by atoms with Gasteiger partial charge in [-0.3, -0.25) is 0 Å². The first-order valence-corrected chi connectivity index (χ1v) is 25.5. The molecule has 14 rings (SSSR count). The van der Waals surface area contributed by atoms with Crippen molar-refractivity contribution in [2.45, 2.75) is 0 Å². The summed E-state index contributed by atoms with van der Waals surface area (Å²) in [4.78, 5) is 2.38. The van der Waals surface area contributed by atoms with Crippen molar-refractivity contribution in [2.24, 2.45) is 0 Å². The minimum Gasteiger partial charge on any atom is -0.310 e. The topological polar surface area (TPSA) is 13.1 Å². The number of fused-ring (bicyclic) bond motifs is 9. The van der Waals surface area contributed by atoms with Crippen LogP contribution in [-0.4, -0.2) is 9.13 Å². The first-order chi connectivity index (χ1) is 37.1. The van der Waals surface area contributed by atoms with Crippen molar-refractivity contribution in [1.29, 1.82) is 0 Å². The van der Waals surface area contributed by atoms with Gasteiger partial charge in [0.05, 0.1) is 22.1 Å². The third kappa shape index (κ3) is 8.23. The number of aromatic nitrogens is 2. The predicted molar refractivity (Wildman–Crippen MR) is 321 cm³/mol. The van der Waals surface area contributed by atoms with Gasteiger partial charge in [0, 0.05) is 50.0 Å². The summed E-state index contributed by atoms with van der Waals surface area (Å²) in [6, 6.07) is 101. The molecule has 0 atom stereocenters. The van der Waals surface area contributed by atoms with Crippen LogP contribution in [0.15, 0.2) is 298 Å². The lowest BCUT2D eigenvalue weighted by Gasteiger charge is -2.26. The van der Waals surface area contributed by atoms with Crippen LogP contribution >= 0.6 is 0 Å². The molecule has 0 aliphatic heterocycles. The lowest BCUT2D eigenvalue weighted by atomic mass is 10.0. The Morgan fingerprint density at radius 1 is 0.333 bits per heavy atom. The Bertz CT molecular complexity index is 4330. The highest BCUT2D eigenvalue weighted by molar-refractivity contribution is 6.26. The summed E-state index contributed by atoms with van der Waals surface area (Å²) in [6.45, 7) is 7.46. The van der Waals surface area contributed by atoms with Crippen molar-refractivity contribution in [3.8, 4) is 33.6 Å². The van der Waals surface area contributed by atoms with Gasteiger partial charge in [-0.1, -0.05) is 219 Å². The smallest absolute Gasteiger partial charge is 0.0641 e. The average Bonchev–Trinajstić information content (AvgIpc) is 4.06. The second kappa shape index (κ2) is 19.2. The molecule has 0 aliphatic carbocycles. The molecule has 354 valence electrons. The van der Waals surface area contributed by atoms with Crippen LogP contribution in [0.5, 0.6) is 0 Å². The van der Waals surface area contributed by atoms with E-state index in [4.69, 9.17) is 0 Å². The van der Waals surface area contributed by atoms with Gasteiger partial charge in [0.1, 0.15) is 0 Å². The first kappa shape index (κ1) is 44.9. The first-order valence-electron chi connectivity index (χ1n) is 25.5. The van der Waals surface area contributed by atoms with Crippen molar-refractivity contribution in [1.82, 2.24) is 9.13 Å². The normalized spacial score (nSPS) is 11.3. The fraction of sp³-hybridized carbons (Fsp3) is 0. The van der Waals surface area contributed by atoms with E-state index in [0.717, 1.165) is 39.6 Å². The van der Waals surface area contributed by atoms with E-state index in [1.165, 1.54) is 87.4 Å². The zero-order valence-corrected chi connectivity index (χ0v) is 41.4. The van der Waals surface area contributed by atoms with Crippen LogP contribution in [0.2, 0.25) is 0 Å². The summed E-state index contributed by atoms with van der Waals surface area (Å²) in [5.74, 6) is 0. The Morgan fingerprint density at radius 3 is 1.43 bits per heavy atom. The van der Waals surface area contributed by atoms with Crippen LogP contribution in [0.4, 0.5) is 17.1 Å². The van der Waals surface area contributed by atoms with Gasteiger partial charge in [0.15, 0.2) is 0 Å². The third-order valence-corrected chi connectivity index (χ3v) is 14.6. The molecule has 12 aromatic carbocycles. The fourth-order valence-corrected chi connectivity index (χ4v) is 11.0. The molecule has 0 N–H and O–H groups in total. The Hall–Kier alpha value is -9.96. The van der Waals surface area contributed by atoms with Crippen LogP contribution in [0.25, 0.3) is 104 Å². The highest BCUT2D eigenvalue weighted by atomic mass is 15.1. The van der Waals surface area contributed by atoms with E-state index >= 15 is 0 Å². The summed E-state index contributed by atoms with van der Waals surface area (Å²) in [5.41, 5.74) is 17.3. The molecule has 0 spiro atoms. The number of para-hydroxylation sites is 2. The second-order valence-corrected chi connectivity index (χ2v) is 19.1. The van der Waals surface area contributed by atoms with Crippen molar-refractivity contribution in [3.63, 3.8) is 0 Å². The number of allylic oxidation sites excluding steroid dienone is 2. The van der Waals surface area contributed by atoms with E-state index in [1.54, 1.807) is 6.08 Å². The molecule has 2 heterocycles. The maximum Gasteiger partial charge on any atom is 0.0641 e.